The molecule has 5 nitrogen and oxygen atoms in total. The van der Waals surface area contributed by atoms with E-state index in [2.05, 4.69) is 0 Å². The number of hydrogen-bond acceptors (Lipinski definition) is 4. The number of hydrogen-bond donors (Lipinski definition) is 0. The average Bonchev–Trinajstić information content (AvgIpc) is 3.19. The average molecular weight is 408 g/mol. The number of β-lactam (4-membered cyclic amide) rings is 1. The van der Waals surface area contributed by atoms with Crippen LogP contribution in [0.25, 0.3) is 0 Å². The van der Waals surface area contributed by atoms with E-state index >= 15 is 0 Å². The molecule has 2 aliphatic heterocycles. The second kappa shape index (κ2) is 7.01. The molecular weight excluding hydrogens is 390 g/mol. The lowest BCUT2D eigenvalue weighted by Crippen LogP contribution is -2.61. The molecule has 6 heteroatoms. The van der Waals surface area contributed by atoms with Crippen LogP contribution in [0.2, 0.25) is 5.02 Å². The molecule has 3 aromatic carbocycles. The van der Waals surface area contributed by atoms with Crippen LogP contribution in [0.15, 0.2) is 66.7 Å². The number of fused-ring (bicyclic) bond motifs is 1. The molecule has 2 atom stereocenters. The fourth-order valence-electron chi connectivity index (χ4n) is 3.74. The zero-order valence-electron chi connectivity index (χ0n) is 15.7. The molecule has 0 radical (unpaired) electrons. The largest absolute Gasteiger partial charge is 0.478 e. The number of benzene rings is 3. The highest BCUT2D eigenvalue weighted by atomic mass is 35.5. The number of aryl methyl sites for hydroxylation is 1. The minimum atomic E-state index is -0.643. The van der Waals surface area contributed by atoms with Crippen molar-refractivity contribution in [3.63, 3.8) is 0 Å². The third-order valence-electron chi connectivity index (χ3n) is 5.22. The van der Waals surface area contributed by atoms with Crippen LogP contribution in [0.4, 0.5) is 5.69 Å². The Labute approximate surface area is 173 Å². The third kappa shape index (κ3) is 3.08. The highest BCUT2D eigenvalue weighted by Gasteiger charge is 2.51. The van der Waals surface area contributed by atoms with Crippen molar-refractivity contribution in [2.45, 2.75) is 19.1 Å². The van der Waals surface area contributed by atoms with E-state index in [0.717, 1.165) is 16.8 Å². The van der Waals surface area contributed by atoms with Crippen molar-refractivity contribution in [2.24, 2.45) is 0 Å². The standard InChI is InChI=1S/C23H18ClNO4/c1-14-5-2-3-8-18(14)29-22-21(15-9-10-19-20(11-15)28-13-27-19)25(23(22)26)17-7-4-6-16(24)12-17/h2-12,21-22H,13H2,1H3/t21-,22+/m0/s1. The van der Waals surface area contributed by atoms with Gasteiger partial charge in [0.2, 0.25) is 12.9 Å². The van der Waals surface area contributed by atoms with Crippen LogP contribution in [0.3, 0.4) is 0 Å². The van der Waals surface area contributed by atoms with Gasteiger partial charge >= 0.3 is 0 Å². The van der Waals surface area contributed by atoms with Gasteiger partial charge in [-0.1, -0.05) is 41.9 Å². The van der Waals surface area contributed by atoms with Crippen LogP contribution in [0.1, 0.15) is 17.2 Å². The molecule has 2 aliphatic rings. The fourth-order valence-corrected chi connectivity index (χ4v) is 3.92. The van der Waals surface area contributed by atoms with Gasteiger partial charge in [0.25, 0.3) is 5.91 Å². The Kier molecular flexibility index (Phi) is 4.32. The molecule has 2 heterocycles. The van der Waals surface area contributed by atoms with Gasteiger partial charge in [-0.25, -0.2) is 0 Å². The van der Waals surface area contributed by atoms with Crippen molar-refractivity contribution in [1.82, 2.24) is 0 Å². The molecule has 146 valence electrons. The summed E-state index contributed by atoms with van der Waals surface area (Å²) < 4.78 is 17.1. The van der Waals surface area contributed by atoms with Gasteiger partial charge in [-0.15, -0.1) is 0 Å². The fraction of sp³-hybridized carbons (Fsp3) is 0.174. The molecule has 0 saturated carbocycles. The molecule has 0 bridgehead atoms. The maximum Gasteiger partial charge on any atom is 0.271 e. The maximum absolute atomic E-state index is 13.1. The normalized spacial score (nSPS) is 19.8. The Hall–Kier alpha value is -3.18. The Morgan fingerprint density at radius 2 is 1.83 bits per heavy atom. The number of carbonyl (C=O) groups excluding carboxylic acids is 1. The summed E-state index contributed by atoms with van der Waals surface area (Å²) in [6.45, 7) is 2.16. The Bertz CT molecular complexity index is 1100. The van der Waals surface area contributed by atoms with Gasteiger partial charge in [0.05, 0.1) is 0 Å². The summed E-state index contributed by atoms with van der Waals surface area (Å²) in [7, 11) is 0. The first-order chi connectivity index (χ1) is 14.1. The van der Waals surface area contributed by atoms with E-state index in [1.807, 2.05) is 61.5 Å². The SMILES string of the molecule is Cc1ccccc1O[C@H]1C(=O)N(c2cccc(Cl)c2)[C@H]1c1ccc2c(c1)OCO2. The number of nitrogens with zero attached hydrogens (tertiary/aromatic N) is 1. The Morgan fingerprint density at radius 3 is 2.66 bits per heavy atom. The molecule has 1 fully saturated rings. The second-order valence-corrected chi connectivity index (χ2v) is 7.49. The van der Waals surface area contributed by atoms with Crippen molar-refractivity contribution in [2.75, 3.05) is 11.7 Å². The van der Waals surface area contributed by atoms with Crippen LogP contribution in [0, 0.1) is 6.92 Å². The minimum absolute atomic E-state index is 0.113. The first-order valence-corrected chi connectivity index (χ1v) is 9.70. The van der Waals surface area contributed by atoms with Crippen LogP contribution in [-0.4, -0.2) is 18.8 Å². The molecular formula is C23H18ClNO4. The topological polar surface area (TPSA) is 48.0 Å². The Morgan fingerprint density at radius 1 is 1.00 bits per heavy atom. The van der Waals surface area contributed by atoms with E-state index in [0.29, 0.717) is 22.3 Å². The van der Waals surface area contributed by atoms with Crippen molar-refractivity contribution in [3.8, 4) is 17.2 Å². The van der Waals surface area contributed by atoms with Gasteiger partial charge in [0, 0.05) is 10.7 Å². The summed E-state index contributed by atoms with van der Waals surface area (Å²) in [4.78, 5) is 14.8. The maximum atomic E-state index is 13.1. The minimum Gasteiger partial charge on any atom is -0.478 e. The van der Waals surface area contributed by atoms with E-state index in [-0.39, 0.29) is 18.7 Å². The summed E-state index contributed by atoms with van der Waals surface area (Å²) in [5.41, 5.74) is 2.62. The highest BCUT2D eigenvalue weighted by Crippen LogP contribution is 2.44. The van der Waals surface area contributed by atoms with E-state index in [4.69, 9.17) is 25.8 Å². The molecule has 29 heavy (non-hydrogen) atoms. The van der Waals surface area contributed by atoms with Crippen molar-refractivity contribution < 1.29 is 19.0 Å². The molecule has 0 aromatic heterocycles. The van der Waals surface area contributed by atoms with Crippen LogP contribution in [0.5, 0.6) is 17.2 Å². The zero-order valence-corrected chi connectivity index (χ0v) is 16.4. The number of halogens is 1. The van der Waals surface area contributed by atoms with E-state index in [1.165, 1.54) is 0 Å². The van der Waals surface area contributed by atoms with Gasteiger partial charge in [0.15, 0.2) is 11.5 Å². The molecule has 0 spiro atoms. The summed E-state index contributed by atoms with van der Waals surface area (Å²) in [6.07, 6.45) is -0.643. The lowest BCUT2D eigenvalue weighted by atomic mass is 9.89. The first kappa shape index (κ1) is 17.9. The zero-order chi connectivity index (χ0) is 20.0. The number of ether oxygens (including phenoxy) is 3. The van der Waals surface area contributed by atoms with Gasteiger partial charge in [-0.2, -0.15) is 0 Å². The lowest BCUT2D eigenvalue weighted by Gasteiger charge is -2.46. The summed E-state index contributed by atoms with van der Waals surface area (Å²) >= 11 is 6.17. The smallest absolute Gasteiger partial charge is 0.271 e. The number of anilines is 1. The molecule has 1 saturated heterocycles. The summed E-state index contributed by atoms with van der Waals surface area (Å²) in [5.74, 6) is 1.95. The number of rotatable bonds is 4. The van der Waals surface area contributed by atoms with Crippen molar-refractivity contribution in [1.29, 1.82) is 0 Å². The first-order valence-electron chi connectivity index (χ1n) is 9.32. The molecule has 3 aromatic rings. The predicted octanol–water partition coefficient (Wildman–Crippen LogP) is 4.91. The van der Waals surface area contributed by atoms with E-state index in [1.54, 1.807) is 17.0 Å². The summed E-state index contributed by atoms with van der Waals surface area (Å²) in [6, 6.07) is 20.3. The number of carbonyl (C=O) groups is 1. The van der Waals surface area contributed by atoms with E-state index in [9.17, 15) is 4.79 Å². The van der Waals surface area contributed by atoms with Gasteiger partial charge in [-0.05, 0) is 54.4 Å². The molecule has 0 unspecified atom stereocenters. The Balaban J connectivity index is 1.54. The third-order valence-corrected chi connectivity index (χ3v) is 5.45. The van der Waals surface area contributed by atoms with Crippen LogP contribution < -0.4 is 19.1 Å². The molecule has 0 aliphatic carbocycles. The van der Waals surface area contributed by atoms with Crippen LogP contribution >= 0.6 is 11.6 Å². The monoisotopic (exact) mass is 407 g/mol. The van der Waals surface area contributed by atoms with Gasteiger partial charge in [0.1, 0.15) is 11.8 Å². The van der Waals surface area contributed by atoms with Gasteiger partial charge in [-0.3, -0.25) is 9.69 Å². The highest BCUT2D eigenvalue weighted by molar-refractivity contribution is 6.31. The lowest BCUT2D eigenvalue weighted by molar-refractivity contribution is -0.135. The predicted molar refractivity (Wildman–Crippen MR) is 110 cm³/mol. The second-order valence-electron chi connectivity index (χ2n) is 7.05. The number of para-hydroxylation sites is 1. The van der Waals surface area contributed by atoms with Gasteiger partial charge < -0.3 is 14.2 Å². The van der Waals surface area contributed by atoms with Crippen molar-refractivity contribution in [3.05, 3.63) is 82.9 Å². The van der Waals surface area contributed by atoms with E-state index < -0.39 is 6.10 Å². The molecule has 5 rings (SSSR count). The quantitative estimate of drug-likeness (QED) is 0.576. The molecule has 1 amide bonds. The molecule has 0 N–H and O–H groups in total. The van der Waals surface area contributed by atoms with Crippen LogP contribution in [-0.2, 0) is 4.79 Å². The number of amides is 1. The van der Waals surface area contributed by atoms with Crippen molar-refractivity contribution >= 4 is 23.2 Å². The summed E-state index contributed by atoms with van der Waals surface area (Å²) in [5, 5.41) is 0.572.